The van der Waals surface area contributed by atoms with Gasteiger partial charge in [0.15, 0.2) is 5.15 Å². The van der Waals surface area contributed by atoms with Gasteiger partial charge in [0.25, 0.3) is 11.5 Å². The van der Waals surface area contributed by atoms with Crippen LogP contribution in [0.2, 0.25) is 10.2 Å². The zero-order valence-electron chi connectivity index (χ0n) is 21.3. The monoisotopic (exact) mass is 585 g/mol. The first kappa shape index (κ1) is 26.4. The second-order valence-electron chi connectivity index (χ2n) is 9.42. The summed E-state index contributed by atoms with van der Waals surface area (Å²) >= 11 is 12.2. The Hall–Kier alpha value is -4.80. The van der Waals surface area contributed by atoms with E-state index in [0.29, 0.717) is 39.8 Å². The van der Waals surface area contributed by atoms with Crippen molar-refractivity contribution in [1.82, 2.24) is 29.9 Å². The highest BCUT2D eigenvalue weighted by atomic mass is 35.5. The summed E-state index contributed by atoms with van der Waals surface area (Å²) in [7, 11) is 0. The molecular weight excluding hydrogens is 565 g/mol. The predicted octanol–water partition coefficient (Wildman–Crippen LogP) is 4.46. The molecule has 3 heterocycles. The molecule has 1 unspecified atom stereocenters. The Kier molecular flexibility index (Phi) is 7.08. The van der Waals surface area contributed by atoms with Crippen LogP contribution in [0.15, 0.2) is 90.1 Å². The van der Waals surface area contributed by atoms with Crippen LogP contribution in [0, 0.1) is 0 Å². The molecule has 6 rings (SSSR count). The smallest absolute Gasteiger partial charge is 0.254 e. The van der Waals surface area contributed by atoms with Crippen LogP contribution < -0.4 is 16.2 Å². The number of rotatable bonds is 7. The highest BCUT2D eigenvalue weighted by Gasteiger charge is 2.25. The highest BCUT2D eigenvalue weighted by Crippen LogP contribution is 2.28. The lowest BCUT2D eigenvalue weighted by atomic mass is 10.0. The lowest BCUT2D eigenvalue weighted by molar-refractivity contribution is -0.119. The minimum Gasteiger partial charge on any atom is -0.348 e. The molecule has 204 valence electrons. The molecule has 0 bridgehead atoms. The van der Waals surface area contributed by atoms with Gasteiger partial charge < -0.3 is 10.6 Å². The molecule has 0 fully saturated rings. The van der Waals surface area contributed by atoms with Crippen molar-refractivity contribution in [2.45, 2.75) is 19.0 Å². The summed E-state index contributed by atoms with van der Waals surface area (Å²) in [5, 5.41) is 14.1. The van der Waals surface area contributed by atoms with E-state index in [1.54, 1.807) is 36.4 Å². The molecule has 2 N–H and O–H groups in total. The van der Waals surface area contributed by atoms with Crippen LogP contribution in [0.4, 0.5) is 5.69 Å². The first-order valence-electron chi connectivity index (χ1n) is 12.6. The molecule has 1 atom stereocenters. The van der Waals surface area contributed by atoms with Gasteiger partial charge in [0.1, 0.15) is 6.04 Å². The van der Waals surface area contributed by atoms with Gasteiger partial charge in [-0.15, -0.1) is 5.10 Å². The van der Waals surface area contributed by atoms with E-state index in [-0.39, 0.29) is 17.5 Å². The number of fused-ring (bicyclic) bond motifs is 1. The van der Waals surface area contributed by atoms with E-state index >= 15 is 0 Å². The zero-order valence-corrected chi connectivity index (χ0v) is 22.8. The van der Waals surface area contributed by atoms with Crippen LogP contribution in [-0.2, 0) is 17.8 Å². The summed E-state index contributed by atoms with van der Waals surface area (Å²) in [5.41, 5.74) is 3.67. The maximum atomic E-state index is 13.6. The molecule has 0 spiro atoms. The molecule has 1 aliphatic heterocycles. The number of carbonyl (C=O) groups excluding carboxylic acids is 2. The van der Waals surface area contributed by atoms with Gasteiger partial charge in [-0.05, 0) is 41.5 Å². The third-order valence-corrected chi connectivity index (χ3v) is 7.16. The molecule has 3 aromatic carbocycles. The summed E-state index contributed by atoms with van der Waals surface area (Å²) in [5.74, 6) is -0.619. The Morgan fingerprint density at radius 1 is 1.00 bits per heavy atom. The van der Waals surface area contributed by atoms with E-state index in [4.69, 9.17) is 23.2 Å². The molecule has 12 heteroatoms. The average Bonchev–Trinajstić information content (AvgIpc) is 3.57. The molecule has 0 aliphatic carbocycles. The Morgan fingerprint density at radius 2 is 1.83 bits per heavy atom. The number of hydrogen-bond acceptors (Lipinski definition) is 6. The summed E-state index contributed by atoms with van der Waals surface area (Å²) < 4.78 is 2.76. The third-order valence-electron chi connectivity index (χ3n) is 6.75. The van der Waals surface area contributed by atoms with Crippen LogP contribution in [0.1, 0.15) is 27.5 Å². The van der Waals surface area contributed by atoms with Crippen LogP contribution >= 0.6 is 23.2 Å². The van der Waals surface area contributed by atoms with Crippen LogP contribution in [0.25, 0.3) is 16.9 Å². The minimum absolute atomic E-state index is 0.193. The standard InChI is InChI=1S/C29H21Cl2N7O3/c30-19-7-9-24(38-15-26(31)35-36-38)22(11-19)23-13-27(39)37(16-33-23)25(10-17-4-2-1-3-5-17)29(41)34-20-8-6-18-14-32-28(40)21(18)12-20/h1-9,11-13,15-16,25H,10,14H2,(H,32,40)(H,34,41). The molecule has 0 saturated heterocycles. The molecule has 0 radical (unpaired) electrons. The fourth-order valence-corrected chi connectivity index (χ4v) is 5.03. The second kappa shape index (κ2) is 11.0. The molecular formula is C29H21Cl2N7O3. The maximum absolute atomic E-state index is 13.6. The van der Waals surface area contributed by atoms with Gasteiger partial charge in [0.2, 0.25) is 5.91 Å². The molecule has 0 saturated carbocycles. The van der Waals surface area contributed by atoms with Crippen molar-refractivity contribution in [2.24, 2.45) is 0 Å². The van der Waals surface area contributed by atoms with Gasteiger partial charge in [-0.2, -0.15) is 0 Å². The normalized spacial score (nSPS) is 13.0. The van der Waals surface area contributed by atoms with E-state index in [1.165, 1.54) is 27.8 Å². The van der Waals surface area contributed by atoms with E-state index in [0.717, 1.165) is 11.1 Å². The van der Waals surface area contributed by atoms with Crippen LogP contribution in [-0.4, -0.2) is 36.4 Å². The number of amides is 2. The van der Waals surface area contributed by atoms with Crippen molar-refractivity contribution < 1.29 is 9.59 Å². The summed E-state index contributed by atoms with van der Waals surface area (Å²) in [4.78, 5) is 43.8. The quantitative estimate of drug-likeness (QED) is 0.290. The first-order valence-corrected chi connectivity index (χ1v) is 13.3. The maximum Gasteiger partial charge on any atom is 0.254 e. The third kappa shape index (κ3) is 5.47. The number of benzene rings is 3. The van der Waals surface area contributed by atoms with Gasteiger partial charge >= 0.3 is 0 Å². The van der Waals surface area contributed by atoms with Gasteiger partial charge in [-0.1, -0.05) is 64.8 Å². The molecule has 2 amide bonds. The zero-order chi connectivity index (χ0) is 28.5. The molecule has 1 aliphatic rings. The topological polar surface area (TPSA) is 124 Å². The highest BCUT2D eigenvalue weighted by molar-refractivity contribution is 6.31. The van der Waals surface area contributed by atoms with Crippen LogP contribution in [0.3, 0.4) is 0 Å². The summed E-state index contributed by atoms with van der Waals surface area (Å²) in [6.07, 6.45) is 3.11. The molecule has 41 heavy (non-hydrogen) atoms. The molecule has 10 nitrogen and oxygen atoms in total. The Bertz CT molecular complexity index is 1850. The number of nitrogens with zero attached hydrogens (tertiary/aromatic N) is 5. The fraction of sp³-hybridized carbons (Fsp3) is 0.103. The van der Waals surface area contributed by atoms with Gasteiger partial charge in [0, 0.05) is 40.9 Å². The van der Waals surface area contributed by atoms with Crippen molar-refractivity contribution in [1.29, 1.82) is 0 Å². The van der Waals surface area contributed by atoms with E-state index in [2.05, 4.69) is 25.9 Å². The fourth-order valence-electron chi connectivity index (χ4n) is 4.74. The van der Waals surface area contributed by atoms with Crippen molar-refractivity contribution in [2.75, 3.05) is 5.32 Å². The summed E-state index contributed by atoms with van der Waals surface area (Å²) in [6, 6.07) is 20.0. The number of anilines is 1. The number of halogens is 2. The second-order valence-corrected chi connectivity index (χ2v) is 10.2. The number of carbonyl (C=O) groups is 2. The van der Waals surface area contributed by atoms with Crippen molar-refractivity contribution in [3.05, 3.63) is 123 Å². The predicted molar refractivity (Wildman–Crippen MR) is 154 cm³/mol. The molecule has 2 aromatic heterocycles. The lowest BCUT2D eigenvalue weighted by Crippen LogP contribution is -2.34. The SMILES string of the molecule is O=C1NCc2ccc(NC(=O)C(Cc3ccccc3)n3cnc(-c4cc(Cl)ccc4-n4cc(Cl)nn4)cc3=O)cc21. The van der Waals surface area contributed by atoms with Crippen molar-refractivity contribution in [3.63, 3.8) is 0 Å². The molecule has 5 aromatic rings. The summed E-state index contributed by atoms with van der Waals surface area (Å²) in [6.45, 7) is 0.449. The van der Waals surface area contributed by atoms with Gasteiger partial charge in [-0.3, -0.25) is 19.0 Å². The Morgan fingerprint density at radius 3 is 2.59 bits per heavy atom. The first-order chi connectivity index (χ1) is 19.9. The number of nitrogens with one attached hydrogen (secondary N) is 2. The van der Waals surface area contributed by atoms with E-state index in [1.807, 2.05) is 30.3 Å². The Labute approximate surface area is 243 Å². The minimum atomic E-state index is -0.929. The number of hydrogen-bond donors (Lipinski definition) is 2. The average molecular weight is 586 g/mol. The van der Waals surface area contributed by atoms with Crippen molar-refractivity contribution in [3.8, 4) is 16.9 Å². The van der Waals surface area contributed by atoms with Crippen LogP contribution in [0.5, 0.6) is 0 Å². The Balaban J connectivity index is 1.36. The van der Waals surface area contributed by atoms with E-state index in [9.17, 15) is 14.4 Å². The largest absolute Gasteiger partial charge is 0.348 e. The lowest BCUT2D eigenvalue weighted by Gasteiger charge is -2.20. The van der Waals surface area contributed by atoms with Gasteiger partial charge in [-0.25, -0.2) is 9.67 Å². The number of aromatic nitrogens is 5. The van der Waals surface area contributed by atoms with Gasteiger partial charge in [0.05, 0.1) is 23.9 Å². The van der Waals surface area contributed by atoms with E-state index < -0.39 is 17.5 Å². The van der Waals surface area contributed by atoms with Crippen molar-refractivity contribution >= 4 is 40.7 Å².